The number of pyridine rings is 1. The van der Waals surface area contributed by atoms with Crippen LogP contribution in [0.3, 0.4) is 0 Å². The highest BCUT2D eigenvalue weighted by molar-refractivity contribution is 7.15. The van der Waals surface area contributed by atoms with Gasteiger partial charge in [0.25, 0.3) is 0 Å². The fourth-order valence-electron chi connectivity index (χ4n) is 1.21. The van der Waals surface area contributed by atoms with Crippen LogP contribution < -0.4 is 11.5 Å². The van der Waals surface area contributed by atoms with Crippen molar-refractivity contribution in [3.8, 4) is 11.4 Å². The third-order valence-corrected chi connectivity index (χ3v) is 2.71. The minimum atomic E-state index is 0.445. The Morgan fingerprint density at radius 1 is 1.36 bits per heavy atom. The lowest BCUT2D eigenvalue weighted by atomic mass is 10.2. The highest BCUT2D eigenvalue weighted by Gasteiger charge is 2.10. The van der Waals surface area contributed by atoms with Crippen LogP contribution in [0.4, 0.5) is 5.13 Å². The summed E-state index contributed by atoms with van der Waals surface area (Å²) >= 11 is 1.41. The Bertz CT molecular complexity index is 424. The van der Waals surface area contributed by atoms with Crippen LogP contribution in [-0.4, -0.2) is 9.97 Å². The molecule has 0 bridgehead atoms. The molecule has 4 nitrogen and oxygen atoms in total. The first-order chi connectivity index (χ1) is 6.81. The number of anilines is 1. The van der Waals surface area contributed by atoms with Gasteiger partial charge in [0.2, 0.25) is 0 Å². The molecule has 72 valence electrons. The number of aromatic nitrogens is 2. The summed E-state index contributed by atoms with van der Waals surface area (Å²) in [5, 5.41) is 0.533. The van der Waals surface area contributed by atoms with Crippen molar-refractivity contribution < 1.29 is 0 Å². The normalized spacial score (nSPS) is 10.4. The highest BCUT2D eigenvalue weighted by Crippen LogP contribution is 2.27. The number of nitrogens with two attached hydrogens (primary N) is 2. The van der Waals surface area contributed by atoms with Crippen molar-refractivity contribution in [2.75, 3.05) is 5.73 Å². The van der Waals surface area contributed by atoms with E-state index >= 15 is 0 Å². The molecule has 0 spiro atoms. The van der Waals surface area contributed by atoms with E-state index in [9.17, 15) is 0 Å². The van der Waals surface area contributed by atoms with E-state index in [2.05, 4.69) is 9.97 Å². The molecular formula is C9H10N4S. The van der Waals surface area contributed by atoms with Crippen LogP contribution in [0.1, 0.15) is 4.88 Å². The van der Waals surface area contributed by atoms with Crippen LogP contribution in [-0.2, 0) is 6.54 Å². The minimum absolute atomic E-state index is 0.445. The number of hydrogen-bond acceptors (Lipinski definition) is 5. The number of hydrogen-bond donors (Lipinski definition) is 2. The molecule has 0 aromatic carbocycles. The second kappa shape index (κ2) is 3.73. The van der Waals surface area contributed by atoms with Gasteiger partial charge in [-0.25, -0.2) is 4.98 Å². The largest absolute Gasteiger partial charge is 0.375 e. The average Bonchev–Trinajstić information content (AvgIpc) is 2.61. The van der Waals surface area contributed by atoms with Gasteiger partial charge in [-0.1, -0.05) is 6.07 Å². The quantitative estimate of drug-likeness (QED) is 0.775. The summed E-state index contributed by atoms with van der Waals surface area (Å²) in [6, 6.07) is 5.67. The van der Waals surface area contributed by atoms with E-state index in [1.54, 1.807) is 6.20 Å². The van der Waals surface area contributed by atoms with E-state index in [0.29, 0.717) is 11.7 Å². The molecule has 5 heteroatoms. The van der Waals surface area contributed by atoms with Gasteiger partial charge in [-0.05, 0) is 12.1 Å². The zero-order valence-corrected chi connectivity index (χ0v) is 8.29. The lowest BCUT2D eigenvalue weighted by Crippen LogP contribution is -1.96. The molecule has 0 aliphatic carbocycles. The molecule has 0 unspecified atom stereocenters. The molecule has 0 amide bonds. The summed E-state index contributed by atoms with van der Waals surface area (Å²) in [4.78, 5) is 9.38. The Morgan fingerprint density at radius 3 is 2.86 bits per heavy atom. The molecule has 14 heavy (non-hydrogen) atoms. The number of nitrogen functional groups attached to an aromatic ring is 1. The fourth-order valence-corrected chi connectivity index (χ4v) is 1.93. The Kier molecular flexibility index (Phi) is 2.43. The first-order valence-corrected chi connectivity index (χ1v) is 4.99. The molecule has 0 fully saturated rings. The number of rotatable bonds is 2. The van der Waals surface area contributed by atoms with E-state index in [4.69, 9.17) is 11.5 Å². The van der Waals surface area contributed by atoms with Crippen molar-refractivity contribution in [3.63, 3.8) is 0 Å². The van der Waals surface area contributed by atoms with Gasteiger partial charge in [0, 0.05) is 17.6 Å². The highest BCUT2D eigenvalue weighted by atomic mass is 32.1. The predicted molar refractivity (Wildman–Crippen MR) is 57.6 cm³/mol. The molecule has 0 radical (unpaired) electrons. The molecule has 0 saturated heterocycles. The molecule has 0 aliphatic rings. The Balaban J connectivity index is 2.51. The fraction of sp³-hybridized carbons (Fsp3) is 0.111. The number of nitrogens with zero attached hydrogens (tertiary/aromatic N) is 2. The van der Waals surface area contributed by atoms with E-state index in [1.165, 1.54) is 11.3 Å². The maximum absolute atomic E-state index is 5.62. The van der Waals surface area contributed by atoms with Crippen molar-refractivity contribution in [1.29, 1.82) is 0 Å². The predicted octanol–water partition coefficient (Wildman–Crippen LogP) is 1.25. The molecule has 0 atom stereocenters. The topological polar surface area (TPSA) is 77.8 Å². The maximum atomic E-state index is 5.62. The SMILES string of the molecule is NCc1sc(N)nc1-c1ccccn1. The van der Waals surface area contributed by atoms with Crippen LogP contribution in [0, 0.1) is 0 Å². The minimum Gasteiger partial charge on any atom is -0.375 e. The Labute approximate surface area is 85.6 Å². The second-order valence-electron chi connectivity index (χ2n) is 2.74. The van der Waals surface area contributed by atoms with E-state index in [1.807, 2.05) is 18.2 Å². The molecule has 0 saturated carbocycles. The monoisotopic (exact) mass is 206 g/mol. The second-order valence-corrected chi connectivity index (χ2v) is 3.86. The van der Waals surface area contributed by atoms with Gasteiger partial charge in [-0.2, -0.15) is 0 Å². The Morgan fingerprint density at radius 2 is 2.21 bits per heavy atom. The van der Waals surface area contributed by atoms with Gasteiger partial charge in [0.05, 0.1) is 5.69 Å². The zero-order valence-electron chi connectivity index (χ0n) is 7.47. The van der Waals surface area contributed by atoms with Gasteiger partial charge < -0.3 is 11.5 Å². The van der Waals surface area contributed by atoms with Crippen LogP contribution in [0.25, 0.3) is 11.4 Å². The van der Waals surface area contributed by atoms with Crippen molar-refractivity contribution >= 4 is 16.5 Å². The molecule has 2 aromatic heterocycles. The van der Waals surface area contributed by atoms with Gasteiger partial charge in [0.1, 0.15) is 5.69 Å². The summed E-state index contributed by atoms with van der Waals surface area (Å²) in [7, 11) is 0. The maximum Gasteiger partial charge on any atom is 0.180 e. The first kappa shape index (κ1) is 9.11. The third-order valence-electron chi connectivity index (χ3n) is 1.81. The summed E-state index contributed by atoms with van der Waals surface area (Å²) in [6.07, 6.45) is 1.73. The first-order valence-electron chi connectivity index (χ1n) is 4.18. The van der Waals surface area contributed by atoms with Crippen LogP contribution >= 0.6 is 11.3 Å². The summed E-state index contributed by atoms with van der Waals surface area (Å²) < 4.78 is 0. The summed E-state index contributed by atoms with van der Waals surface area (Å²) in [5.41, 5.74) is 12.8. The van der Waals surface area contributed by atoms with Crippen LogP contribution in [0.15, 0.2) is 24.4 Å². The lowest BCUT2D eigenvalue weighted by Gasteiger charge is -1.97. The van der Waals surface area contributed by atoms with Crippen molar-refractivity contribution in [2.45, 2.75) is 6.54 Å². The number of thiazole rings is 1. The van der Waals surface area contributed by atoms with Gasteiger partial charge in [0.15, 0.2) is 5.13 Å². The van der Waals surface area contributed by atoms with Gasteiger partial charge in [-0.15, -0.1) is 11.3 Å². The van der Waals surface area contributed by atoms with E-state index < -0.39 is 0 Å². The molecular weight excluding hydrogens is 196 g/mol. The van der Waals surface area contributed by atoms with Crippen LogP contribution in [0.2, 0.25) is 0 Å². The molecule has 2 aromatic rings. The molecule has 2 heterocycles. The summed E-state index contributed by atoms with van der Waals surface area (Å²) in [6.45, 7) is 0.445. The average molecular weight is 206 g/mol. The zero-order chi connectivity index (χ0) is 9.97. The molecule has 0 aliphatic heterocycles. The smallest absolute Gasteiger partial charge is 0.180 e. The molecule has 4 N–H and O–H groups in total. The van der Waals surface area contributed by atoms with Crippen molar-refractivity contribution in [1.82, 2.24) is 9.97 Å². The van der Waals surface area contributed by atoms with E-state index in [0.717, 1.165) is 16.3 Å². The Hall–Kier alpha value is -1.46. The third kappa shape index (κ3) is 1.59. The van der Waals surface area contributed by atoms with E-state index in [-0.39, 0.29) is 0 Å². The molecule has 2 rings (SSSR count). The van der Waals surface area contributed by atoms with Gasteiger partial charge in [-0.3, -0.25) is 4.98 Å². The van der Waals surface area contributed by atoms with Gasteiger partial charge >= 0.3 is 0 Å². The standard InChI is InChI=1S/C9H10N4S/c10-5-7-8(13-9(11)14-7)6-3-1-2-4-12-6/h1-4H,5,10H2,(H2,11,13). The van der Waals surface area contributed by atoms with Crippen LogP contribution in [0.5, 0.6) is 0 Å². The van der Waals surface area contributed by atoms with Crippen molar-refractivity contribution in [2.24, 2.45) is 5.73 Å². The lowest BCUT2D eigenvalue weighted by molar-refractivity contribution is 1.09. The summed E-state index contributed by atoms with van der Waals surface area (Å²) in [5.74, 6) is 0. The van der Waals surface area contributed by atoms with Crippen molar-refractivity contribution in [3.05, 3.63) is 29.3 Å².